The number of hydrogen-bond acceptors (Lipinski definition) is 11. The zero-order valence-electron chi connectivity index (χ0n) is 22.7. The molecule has 0 saturated carbocycles. The monoisotopic (exact) mass is 582 g/mol. The third kappa shape index (κ3) is 6.25. The molecule has 5 aromatic rings. The first-order valence-electron chi connectivity index (χ1n) is 12.3. The van der Waals surface area contributed by atoms with E-state index in [1.165, 1.54) is 26.4 Å². The Kier molecular flexibility index (Phi) is 7.81. The molecule has 0 aliphatic heterocycles. The van der Waals surface area contributed by atoms with Crippen LogP contribution >= 0.6 is 0 Å². The number of nitrogens with zero attached hydrogens (tertiary/aromatic N) is 8. The van der Waals surface area contributed by atoms with Crippen molar-refractivity contribution in [1.29, 1.82) is 0 Å². The molecule has 4 heterocycles. The molecule has 0 aliphatic carbocycles. The van der Waals surface area contributed by atoms with Crippen molar-refractivity contribution < 1.29 is 26.5 Å². The summed E-state index contributed by atoms with van der Waals surface area (Å²) in [6.45, 7) is 0.156. The Bertz CT molecular complexity index is 1810. The van der Waals surface area contributed by atoms with E-state index < -0.39 is 15.9 Å². The fourth-order valence-corrected chi connectivity index (χ4v) is 4.54. The van der Waals surface area contributed by atoms with E-state index in [9.17, 15) is 8.42 Å². The van der Waals surface area contributed by atoms with E-state index in [1.807, 2.05) is 6.20 Å². The van der Waals surface area contributed by atoms with Gasteiger partial charge >= 0.3 is 0 Å². The standard InChI is InChI=1S/C26H27FN8O5S/c1-33-15-17(13-30-33)20-14-29-19-5-6-23(32-26(19)31-20)35(21-11-18(38-2)12-22(39-3)25(21)27)16-24-28-7-8-34(24)9-10-40-41(4,36)37/h5-8,11-15H,9-10,16H2,1-4H3. The van der Waals surface area contributed by atoms with Crippen LogP contribution in [0.1, 0.15) is 5.82 Å². The second-order valence-corrected chi connectivity index (χ2v) is 10.6. The predicted octanol–water partition coefficient (Wildman–Crippen LogP) is 3.09. The summed E-state index contributed by atoms with van der Waals surface area (Å²) in [4.78, 5) is 19.9. The fraction of sp³-hybridized carbons (Fsp3) is 0.269. The summed E-state index contributed by atoms with van der Waals surface area (Å²) < 4.78 is 57.6. The summed E-state index contributed by atoms with van der Waals surface area (Å²) >= 11 is 0. The minimum Gasteiger partial charge on any atom is -0.497 e. The molecule has 13 nitrogen and oxygen atoms in total. The van der Waals surface area contributed by atoms with Crippen molar-refractivity contribution >= 4 is 32.8 Å². The van der Waals surface area contributed by atoms with Gasteiger partial charge in [-0.25, -0.2) is 19.3 Å². The molecule has 0 amide bonds. The number of fused-ring (bicyclic) bond motifs is 1. The summed E-state index contributed by atoms with van der Waals surface area (Å²) in [7, 11) is 1.03. The van der Waals surface area contributed by atoms with Crippen LogP contribution in [0.25, 0.3) is 22.4 Å². The van der Waals surface area contributed by atoms with Crippen molar-refractivity contribution in [3.63, 3.8) is 0 Å². The van der Waals surface area contributed by atoms with Crippen molar-refractivity contribution in [1.82, 2.24) is 34.3 Å². The lowest BCUT2D eigenvalue weighted by Gasteiger charge is -2.25. The molecule has 0 radical (unpaired) electrons. The molecule has 0 bridgehead atoms. The highest BCUT2D eigenvalue weighted by atomic mass is 32.2. The van der Waals surface area contributed by atoms with E-state index in [4.69, 9.17) is 18.6 Å². The number of aryl methyl sites for hydroxylation is 1. The number of benzene rings is 1. The molecule has 1 aromatic carbocycles. The zero-order chi connectivity index (χ0) is 29.1. The smallest absolute Gasteiger partial charge is 0.264 e. The maximum absolute atomic E-state index is 15.8. The average Bonchev–Trinajstić information content (AvgIpc) is 3.59. The van der Waals surface area contributed by atoms with Gasteiger partial charge in [-0.3, -0.25) is 13.8 Å². The molecule has 4 aromatic heterocycles. The molecule has 0 spiro atoms. The SMILES string of the molecule is COc1cc(OC)c(F)c(N(Cc2nccn2CCOS(C)(=O)=O)c2ccc3ncc(-c4cnn(C)c4)nc3n2)c1. The molecular formula is C26H27FN8O5S. The van der Waals surface area contributed by atoms with Gasteiger partial charge in [0.15, 0.2) is 17.2 Å². The lowest BCUT2D eigenvalue weighted by atomic mass is 10.2. The Labute approximate surface area is 235 Å². The van der Waals surface area contributed by atoms with Crippen LogP contribution in [0.5, 0.6) is 11.5 Å². The van der Waals surface area contributed by atoms with Crippen molar-refractivity contribution in [2.75, 3.05) is 32.0 Å². The van der Waals surface area contributed by atoms with Crippen LogP contribution in [0.4, 0.5) is 15.9 Å². The maximum atomic E-state index is 15.8. The quantitative estimate of drug-likeness (QED) is 0.212. The third-order valence-electron chi connectivity index (χ3n) is 6.14. The Morgan fingerprint density at radius 2 is 1.90 bits per heavy atom. The number of halogens is 1. The Morgan fingerprint density at radius 1 is 1.07 bits per heavy atom. The first kappa shape index (κ1) is 27.9. The second kappa shape index (κ2) is 11.5. The van der Waals surface area contributed by atoms with Crippen LogP contribution in [0.3, 0.4) is 0 Å². The molecule has 0 unspecified atom stereocenters. The van der Waals surface area contributed by atoms with Gasteiger partial charge in [-0.2, -0.15) is 13.5 Å². The van der Waals surface area contributed by atoms with Crippen LogP contribution in [0, 0.1) is 5.82 Å². The molecule has 0 saturated heterocycles. The van der Waals surface area contributed by atoms with E-state index in [2.05, 4.69) is 20.1 Å². The summed E-state index contributed by atoms with van der Waals surface area (Å²) in [5.74, 6) is 0.567. The van der Waals surface area contributed by atoms with E-state index >= 15 is 4.39 Å². The van der Waals surface area contributed by atoms with E-state index in [0.717, 1.165) is 11.8 Å². The molecule has 0 N–H and O–H groups in total. The first-order chi connectivity index (χ1) is 19.6. The van der Waals surface area contributed by atoms with Crippen LogP contribution in [0.2, 0.25) is 0 Å². The van der Waals surface area contributed by atoms with Gasteiger partial charge in [-0.15, -0.1) is 0 Å². The summed E-state index contributed by atoms with van der Waals surface area (Å²) in [5, 5.41) is 4.19. The number of anilines is 2. The number of methoxy groups -OCH3 is 2. The van der Waals surface area contributed by atoms with Gasteiger partial charge in [0.1, 0.15) is 22.9 Å². The van der Waals surface area contributed by atoms with Crippen LogP contribution in [-0.4, -0.2) is 69.8 Å². The molecule has 41 heavy (non-hydrogen) atoms. The Hall–Kier alpha value is -4.63. The molecule has 0 aliphatic rings. The molecule has 15 heteroatoms. The average molecular weight is 583 g/mol. The van der Waals surface area contributed by atoms with Gasteiger partial charge in [0.2, 0.25) is 0 Å². The van der Waals surface area contributed by atoms with Crippen molar-refractivity contribution in [3.05, 3.63) is 66.9 Å². The topological polar surface area (TPSA) is 139 Å². The highest BCUT2D eigenvalue weighted by molar-refractivity contribution is 7.85. The van der Waals surface area contributed by atoms with Crippen LogP contribution in [0.15, 0.2) is 55.2 Å². The third-order valence-corrected chi connectivity index (χ3v) is 6.73. The number of imidazole rings is 1. The number of pyridine rings is 1. The van der Waals surface area contributed by atoms with Crippen molar-refractivity contribution in [2.45, 2.75) is 13.1 Å². The highest BCUT2D eigenvalue weighted by Gasteiger charge is 2.23. The number of aromatic nitrogens is 7. The Balaban J connectivity index is 1.59. The summed E-state index contributed by atoms with van der Waals surface area (Å²) in [6, 6.07) is 6.42. The van der Waals surface area contributed by atoms with Gasteiger partial charge in [0, 0.05) is 49.9 Å². The van der Waals surface area contributed by atoms with E-state index in [-0.39, 0.29) is 31.1 Å². The van der Waals surface area contributed by atoms with Crippen molar-refractivity contribution in [2.24, 2.45) is 7.05 Å². The lowest BCUT2D eigenvalue weighted by molar-refractivity contribution is 0.302. The molecule has 0 fully saturated rings. The number of rotatable bonds is 11. The maximum Gasteiger partial charge on any atom is 0.264 e. The van der Waals surface area contributed by atoms with Gasteiger partial charge in [0.05, 0.1) is 57.4 Å². The molecule has 214 valence electrons. The van der Waals surface area contributed by atoms with Crippen molar-refractivity contribution in [3.8, 4) is 22.8 Å². The van der Waals surface area contributed by atoms with Crippen LogP contribution in [-0.2, 0) is 34.4 Å². The normalized spacial score (nSPS) is 11.6. The lowest BCUT2D eigenvalue weighted by Crippen LogP contribution is -2.23. The van der Waals surface area contributed by atoms with Gasteiger partial charge in [-0.1, -0.05) is 0 Å². The highest BCUT2D eigenvalue weighted by Crippen LogP contribution is 2.37. The minimum absolute atomic E-state index is 0.0197. The fourth-order valence-electron chi connectivity index (χ4n) is 4.17. The summed E-state index contributed by atoms with van der Waals surface area (Å²) in [6.07, 6.45) is 9.36. The van der Waals surface area contributed by atoms with E-state index in [0.29, 0.717) is 34.2 Å². The minimum atomic E-state index is -3.61. The van der Waals surface area contributed by atoms with Gasteiger partial charge in [0.25, 0.3) is 10.1 Å². The zero-order valence-corrected chi connectivity index (χ0v) is 23.5. The second-order valence-electron chi connectivity index (χ2n) is 8.98. The van der Waals surface area contributed by atoms with Crippen LogP contribution < -0.4 is 14.4 Å². The predicted molar refractivity (Wildman–Crippen MR) is 148 cm³/mol. The molecular weight excluding hydrogens is 555 g/mol. The van der Waals surface area contributed by atoms with Gasteiger partial charge in [-0.05, 0) is 12.1 Å². The van der Waals surface area contributed by atoms with E-state index in [1.54, 1.807) is 58.1 Å². The number of hydrogen-bond donors (Lipinski definition) is 0. The largest absolute Gasteiger partial charge is 0.497 e. The first-order valence-corrected chi connectivity index (χ1v) is 14.1. The molecule has 5 rings (SSSR count). The number of ether oxygens (including phenoxy) is 2. The van der Waals surface area contributed by atoms with Gasteiger partial charge < -0.3 is 18.9 Å². The summed E-state index contributed by atoms with van der Waals surface area (Å²) in [5.41, 5.74) is 2.36. The Morgan fingerprint density at radius 3 is 2.61 bits per heavy atom. The molecule has 0 atom stereocenters.